The van der Waals surface area contributed by atoms with E-state index in [9.17, 15) is 9.18 Å². The lowest BCUT2D eigenvalue weighted by Crippen LogP contribution is -2.06. The van der Waals surface area contributed by atoms with Gasteiger partial charge in [0.25, 0.3) is 0 Å². The molecule has 0 saturated heterocycles. The van der Waals surface area contributed by atoms with Gasteiger partial charge in [-0.1, -0.05) is 18.2 Å². The Hall–Kier alpha value is -2.16. The van der Waals surface area contributed by atoms with Crippen LogP contribution < -0.4 is 4.74 Å². The van der Waals surface area contributed by atoms with Gasteiger partial charge in [0, 0.05) is 16.7 Å². The lowest BCUT2D eigenvalue weighted by molar-refractivity contribution is 0.101. The molecule has 0 radical (unpaired) electrons. The largest absolute Gasteiger partial charge is 0.490 e. The minimum Gasteiger partial charge on any atom is -0.490 e. The van der Waals surface area contributed by atoms with Crippen molar-refractivity contribution in [2.75, 3.05) is 0 Å². The molecule has 0 amide bonds. The summed E-state index contributed by atoms with van der Waals surface area (Å²) >= 11 is 0. The number of hydrogen-bond acceptors (Lipinski definition) is 2. The van der Waals surface area contributed by atoms with E-state index in [2.05, 4.69) is 0 Å². The van der Waals surface area contributed by atoms with E-state index in [1.165, 1.54) is 19.1 Å². The molecule has 2 rings (SSSR count). The fraction of sp³-hybridized carbons (Fsp3) is 0.235. The molecule has 104 valence electrons. The lowest BCUT2D eigenvalue weighted by atomic mass is 10.00. The monoisotopic (exact) mass is 272 g/mol. The molecule has 0 heterocycles. The Morgan fingerprint density at radius 1 is 1.10 bits per heavy atom. The van der Waals surface area contributed by atoms with Crippen molar-refractivity contribution in [2.45, 2.75) is 26.9 Å². The van der Waals surface area contributed by atoms with Gasteiger partial charge in [0.05, 0.1) is 6.10 Å². The molecule has 0 aromatic heterocycles. The molecule has 0 N–H and O–H groups in total. The Balaban J connectivity index is 2.56. The molecular formula is C17H17FO2. The fourth-order valence-corrected chi connectivity index (χ4v) is 2.00. The van der Waals surface area contributed by atoms with Crippen molar-refractivity contribution in [3.8, 4) is 16.9 Å². The number of rotatable bonds is 4. The first kappa shape index (κ1) is 14.3. The van der Waals surface area contributed by atoms with E-state index in [4.69, 9.17) is 4.74 Å². The normalized spacial score (nSPS) is 10.7. The molecule has 2 aromatic rings. The predicted octanol–water partition coefficient (Wildman–Crippen LogP) is 4.48. The van der Waals surface area contributed by atoms with Crippen LogP contribution in [0.2, 0.25) is 0 Å². The summed E-state index contributed by atoms with van der Waals surface area (Å²) in [6.45, 7) is 5.30. The van der Waals surface area contributed by atoms with E-state index in [1.54, 1.807) is 18.2 Å². The van der Waals surface area contributed by atoms with E-state index in [1.807, 2.05) is 26.0 Å². The maximum Gasteiger partial charge on any atom is 0.159 e. The molecule has 0 atom stereocenters. The zero-order valence-corrected chi connectivity index (χ0v) is 11.8. The molecular weight excluding hydrogens is 255 g/mol. The van der Waals surface area contributed by atoms with Crippen LogP contribution in [0.5, 0.6) is 5.75 Å². The molecule has 0 spiro atoms. The Morgan fingerprint density at radius 3 is 2.45 bits per heavy atom. The third-order valence-corrected chi connectivity index (χ3v) is 2.91. The van der Waals surface area contributed by atoms with Crippen molar-refractivity contribution >= 4 is 5.78 Å². The Labute approximate surface area is 118 Å². The second-order valence-corrected chi connectivity index (χ2v) is 4.91. The van der Waals surface area contributed by atoms with Crippen LogP contribution >= 0.6 is 0 Å². The summed E-state index contributed by atoms with van der Waals surface area (Å²) in [4.78, 5) is 11.4. The first-order valence-corrected chi connectivity index (χ1v) is 6.55. The number of para-hydroxylation sites is 1. The highest BCUT2D eigenvalue weighted by molar-refractivity contribution is 5.95. The predicted molar refractivity (Wildman–Crippen MR) is 77.6 cm³/mol. The molecule has 0 aliphatic carbocycles. The fourth-order valence-electron chi connectivity index (χ4n) is 2.00. The molecule has 2 nitrogen and oxygen atoms in total. The van der Waals surface area contributed by atoms with E-state index in [0.29, 0.717) is 22.4 Å². The number of ether oxygens (including phenoxy) is 1. The maximum atomic E-state index is 14.1. The molecule has 0 aliphatic heterocycles. The van der Waals surface area contributed by atoms with Crippen molar-refractivity contribution in [1.82, 2.24) is 0 Å². The van der Waals surface area contributed by atoms with Gasteiger partial charge in [-0.25, -0.2) is 4.39 Å². The van der Waals surface area contributed by atoms with Crippen molar-refractivity contribution in [1.29, 1.82) is 0 Å². The molecule has 20 heavy (non-hydrogen) atoms. The maximum absolute atomic E-state index is 14.1. The zero-order valence-electron chi connectivity index (χ0n) is 11.8. The molecule has 0 bridgehead atoms. The minimum absolute atomic E-state index is 0.00444. The summed E-state index contributed by atoms with van der Waals surface area (Å²) in [7, 11) is 0. The number of carbonyl (C=O) groups excluding carboxylic acids is 1. The van der Waals surface area contributed by atoms with Crippen molar-refractivity contribution in [2.24, 2.45) is 0 Å². The summed E-state index contributed by atoms with van der Waals surface area (Å²) in [5.41, 5.74) is 1.52. The summed E-state index contributed by atoms with van der Waals surface area (Å²) in [5.74, 6) is 0.158. The highest BCUT2D eigenvalue weighted by Crippen LogP contribution is 2.33. The summed E-state index contributed by atoms with van der Waals surface area (Å²) in [6, 6.07) is 11.6. The van der Waals surface area contributed by atoms with Crippen LogP contribution in [0.15, 0.2) is 42.5 Å². The van der Waals surface area contributed by atoms with Crippen LogP contribution in [-0.4, -0.2) is 11.9 Å². The topological polar surface area (TPSA) is 26.3 Å². The molecule has 0 unspecified atom stereocenters. The summed E-state index contributed by atoms with van der Waals surface area (Å²) in [6.07, 6.45) is -0.00444. The standard InChI is InChI=1S/C17H17FO2/c1-11(2)20-17-7-5-4-6-14(17)15-10-13(12(3)19)8-9-16(15)18/h4-11H,1-3H3. The summed E-state index contributed by atoms with van der Waals surface area (Å²) in [5, 5.41) is 0. The second-order valence-electron chi connectivity index (χ2n) is 4.91. The highest BCUT2D eigenvalue weighted by atomic mass is 19.1. The van der Waals surface area contributed by atoms with Gasteiger partial charge in [-0.05, 0) is 45.0 Å². The van der Waals surface area contributed by atoms with Crippen LogP contribution in [0.4, 0.5) is 4.39 Å². The quantitative estimate of drug-likeness (QED) is 0.767. The van der Waals surface area contributed by atoms with Gasteiger partial charge in [0.1, 0.15) is 11.6 Å². The van der Waals surface area contributed by atoms with E-state index < -0.39 is 0 Å². The first-order chi connectivity index (χ1) is 9.49. The smallest absolute Gasteiger partial charge is 0.159 e. The molecule has 3 heteroatoms. The van der Waals surface area contributed by atoms with E-state index in [0.717, 1.165) is 0 Å². The third kappa shape index (κ3) is 3.05. The van der Waals surface area contributed by atoms with Gasteiger partial charge in [-0.2, -0.15) is 0 Å². The second kappa shape index (κ2) is 5.87. The SMILES string of the molecule is CC(=O)c1ccc(F)c(-c2ccccc2OC(C)C)c1. The van der Waals surface area contributed by atoms with Gasteiger partial charge >= 0.3 is 0 Å². The van der Waals surface area contributed by atoms with Gasteiger partial charge in [0.15, 0.2) is 5.78 Å². The van der Waals surface area contributed by atoms with Crippen LogP contribution in [0, 0.1) is 5.82 Å². The number of Topliss-reactive ketones (excluding diaryl/α,β-unsaturated/α-hetero) is 1. The Morgan fingerprint density at radius 2 is 1.80 bits per heavy atom. The van der Waals surface area contributed by atoms with Crippen LogP contribution in [0.1, 0.15) is 31.1 Å². The van der Waals surface area contributed by atoms with Gasteiger partial charge in [-0.15, -0.1) is 0 Å². The number of carbonyl (C=O) groups is 1. The minimum atomic E-state index is -0.366. The average Bonchev–Trinajstić information content (AvgIpc) is 2.39. The molecule has 0 saturated carbocycles. The Bertz CT molecular complexity index is 633. The van der Waals surface area contributed by atoms with Gasteiger partial charge < -0.3 is 4.74 Å². The first-order valence-electron chi connectivity index (χ1n) is 6.55. The number of ketones is 1. The third-order valence-electron chi connectivity index (χ3n) is 2.91. The number of hydrogen-bond donors (Lipinski definition) is 0. The molecule has 0 fully saturated rings. The number of halogens is 1. The molecule has 0 aliphatic rings. The lowest BCUT2D eigenvalue weighted by Gasteiger charge is -2.15. The number of benzene rings is 2. The van der Waals surface area contributed by atoms with Crippen molar-refractivity contribution in [3.05, 3.63) is 53.8 Å². The van der Waals surface area contributed by atoms with Gasteiger partial charge in [-0.3, -0.25) is 4.79 Å². The van der Waals surface area contributed by atoms with E-state index >= 15 is 0 Å². The zero-order chi connectivity index (χ0) is 14.7. The Kier molecular flexibility index (Phi) is 4.18. The van der Waals surface area contributed by atoms with Crippen molar-refractivity contribution < 1.29 is 13.9 Å². The summed E-state index contributed by atoms with van der Waals surface area (Å²) < 4.78 is 19.8. The van der Waals surface area contributed by atoms with E-state index in [-0.39, 0.29) is 17.7 Å². The average molecular weight is 272 g/mol. The van der Waals surface area contributed by atoms with Gasteiger partial charge in [0.2, 0.25) is 0 Å². The highest BCUT2D eigenvalue weighted by Gasteiger charge is 2.13. The van der Waals surface area contributed by atoms with Crippen LogP contribution in [-0.2, 0) is 0 Å². The van der Waals surface area contributed by atoms with Crippen LogP contribution in [0.3, 0.4) is 0 Å². The molecule has 2 aromatic carbocycles. The van der Waals surface area contributed by atoms with Crippen LogP contribution in [0.25, 0.3) is 11.1 Å². The van der Waals surface area contributed by atoms with Crippen molar-refractivity contribution in [3.63, 3.8) is 0 Å².